The molecule has 2 unspecified atom stereocenters. The lowest BCUT2D eigenvalue weighted by atomic mass is 9.83. The lowest BCUT2D eigenvalue weighted by molar-refractivity contribution is 0.103. The molecule has 2 nitrogen and oxygen atoms in total. The van der Waals surface area contributed by atoms with Gasteiger partial charge in [0, 0.05) is 12.1 Å². The van der Waals surface area contributed by atoms with Crippen molar-refractivity contribution in [2.24, 2.45) is 11.7 Å². The second kappa shape index (κ2) is 7.58. The molecule has 0 aliphatic heterocycles. The lowest BCUT2D eigenvalue weighted by Crippen LogP contribution is -2.45. The molecule has 20 heavy (non-hydrogen) atoms. The van der Waals surface area contributed by atoms with Gasteiger partial charge in [-0.2, -0.15) is 11.3 Å². The number of hydrogen-bond donors (Lipinski definition) is 1. The molecule has 1 aromatic rings. The SMILES string of the molecule is CCC1CCC(N(C)C(c2ccsc2)C(N)CC)CC1. The Bertz CT molecular complexity index is 368. The smallest absolute Gasteiger partial charge is 0.0507 e. The Morgan fingerprint density at radius 2 is 2.00 bits per heavy atom. The van der Waals surface area contributed by atoms with Crippen molar-refractivity contribution in [3.05, 3.63) is 22.4 Å². The number of nitrogens with zero attached hydrogens (tertiary/aromatic N) is 1. The van der Waals surface area contributed by atoms with E-state index in [0.717, 1.165) is 12.3 Å². The molecule has 0 saturated heterocycles. The summed E-state index contributed by atoms with van der Waals surface area (Å²) in [5.41, 5.74) is 7.84. The van der Waals surface area contributed by atoms with Crippen molar-refractivity contribution in [1.29, 1.82) is 0 Å². The predicted octanol–water partition coefficient (Wildman–Crippen LogP) is 4.43. The Hall–Kier alpha value is -0.380. The summed E-state index contributed by atoms with van der Waals surface area (Å²) in [5, 5.41) is 4.45. The summed E-state index contributed by atoms with van der Waals surface area (Å²) < 4.78 is 0. The van der Waals surface area contributed by atoms with Crippen LogP contribution in [-0.4, -0.2) is 24.0 Å². The highest BCUT2D eigenvalue weighted by Gasteiger charge is 2.31. The molecule has 114 valence electrons. The Morgan fingerprint density at radius 3 is 2.50 bits per heavy atom. The van der Waals surface area contributed by atoms with Gasteiger partial charge in [-0.05, 0) is 67.5 Å². The van der Waals surface area contributed by atoms with Gasteiger partial charge in [0.1, 0.15) is 0 Å². The molecule has 2 atom stereocenters. The molecule has 2 rings (SSSR count). The minimum Gasteiger partial charge on any atom is -0.326 e. The maximum atomic E-state index is 6.43. The molecule has 3 heteroatoms. The van der Waals surface area contributed by atoms with Crippen molar-refractivity contribution < 1.29 is 0 Å². The first-order chi connectivity index (χ1) is 9.67. The van der Waals surface area contributed by atoms with Crippen molar-refractivity contribution in [2.45, 2.75) is 70.5 Å². The van der Waals surface area contributed by atoms with Crippen LogP contribution in [0.25, 0.3) is 0 Å². The number of hydrogen-bond acceptors (Lipinski definition) is 3. The summed E-state index contributed by atoms with van der Waals surface area (Å²) in [6, 6.07) is 3.58. The van der Waals surface area contributed by atoms with Crippen LogP contribution in [0.15, 0.2) is 16.8 Å². The normalized spacial score (nSPS) is 26.6. The zero-order valence-electron chi connectivity index (χ0n) is 13.2. The molecule has 0 spiro atoms. The van der Waals surface area contributed by atoms with E-state index in [1.165, 1.54) is 37.7 Å². The molecule has 1 fully saturated rings. The standard InChI is InChI=1S/C17H30N2S/c1-4-13-6-8-15(9-7-13)19(3)17(16(18)5-2)14-10-11-20-12-14/h10-13,15-17H,4-9,18H2,1-3H3. The van der Waals surface area contributed by atoms with Gasteiger partial charge >= 0.3 is 0 Å². The van der Waals surface area contributed by atoms with Gasteiger partial charge in [0.05, 0.1) is 6.04 Å². The monoisotopic (exact) mass is 294 g/mol. The van der Waals surface area contributed by atoms with E-state index in [2.05, 4.69) is 42.6 Å². The third-order valence-electron chi connectivity index (χ3n) is 5.17. The van der Waals surface area contributed by atoms with E-state index in [1.807, 2.05) is 0 Å². The molecule has 1 aliphatic carbocycles. The molecule has 1 heterocycles. The van der Waals surface area contributed by atoms with E-state index in [0.29, 0.717) is 12.1 Å². The maximum absolute atomic E-state index is 6.43. The minimum absolute atomic E-state index is 0.235. The third-order valence-corrected chi connectivity index (χ3v) is 5.87. The third kappa shape index (κ3) is 3.63. The highest BCUT2D eigenvalue weighted by molar-refractivity contribution is 7.07. The van der Waals surface area contributed by atoms with Crippen molar-refractivity contribution in [3.8, 4) is 0 Å². The quantitative estimate of drug-likeness (QED) is 0.841. The first-order valence-corrected chi connectivity index (χ1v) is 9.11. The Balaban J connectivity index is 2.05. The average Bonchev–Trinajstić information content (AvgIpc) is 3.01. The first kappa shape index (κ1) is 16.0. The minimum atomic E-state index is 0.235. The predicted molar refractivity (Wildman–Crippen MR) is 89.1 cm³/mol. The van der Waals surface area contributed by atoms with Crippen molar-refractivity contribution >= 4 is 11.3 Å². The second-order valence-electron chi connectivity index (χ2n) is 6.32. The highest BCUT2D eigenvalue weighted by Crippen LogP contribution is 2.34. The van der Waals surface area contributed by atoms with E-state index in [9.17, 15) is 0 Å². The fourth-order valence-electron chi connectivity index (χ4n) is 3.64. The van der Waals surface area contributed by atoms with Gasteiger partial charge < -0.3 is 5.73 Å². The molecule has 0 radical (unpaired) electrons. The Labute approximate surface area is 128 Å². The van der Waals surface area contributed by atoms with Crippen LogP contribution < -0.4 is 5.73 Å². The van der Waals surface area contributed by atoms with Crippen LogP contribution in [0.5, 0.6) is 0 Å². The van der Waals surface area contributed by atoms with Crippen molar-refractivity contribution in [1.82, 2.24) is 4.90 Å². The van der Waals surface area contributed by atoms with E-state index >= 15 is 0 Å². The first-order valence-electron chi connectivity index (χ1n) is 8.16. The Kier molecular flexibility index (Phi) is 6.06. The van der Waals surface area contributed by atoms with Crippen LogP contribution in [0, 0.1) is 5.92 Å². The summed E-state index contributed by atoms with van der Waals surface area (Å²) >= 11 is 1.78. The molecule has 1 saturated carbocycles. The average molecular weight is 295 g/mol. The van der Waals surface area contributed by atoms with E-state index < -0.39 is 0 Å². The largest absolute Gasteiger partial charge is 0.326 e. The van der Waals surface area contributed by atoms with Crippen molar-refractivity contribution in [3.63, 3.8) is 0 Å². The van der Waals surface area contributed by atoms with Crippen LogP contribution in [0.3, 0.4) is 0 Å². The van der Waals surface area contributed by atoms with E-state index in [4.69, 9.17) is 5.73 Å². The number of rotatable bonds is 6. The number of nitrogens with two attached hydrogens (primary N) is 1. The van der Waals surface area contributed by atoms with Crippen molar-refractivity contribution in [2.75, 3.05) is 7.05 Å². The molecule has 0 aromatic carbocycles. The van der Waals surface area contributed by atoms with Crippen LogP contribution in [0.4, 0.5) is 0 Å². The number of thiophene rings is 1. The molecule has 2 N–H and O–H groups in total. The van der Waals surface area contributed by atoms with Crippen LogP contribution in [0.2, 0.25) is 0 Å². The van der Waals surface area contributed by atoms with E-state index in [-0.39, 0.29) is 6.04 Å². The molecule has 0 bridgehead atoms. The highest BCUT2D eigenvalue weighted by atomic mass is 32.1. The fraction of sp³-hybridized carbons (Fsp3) is 0.765. The summed E-state index contributed by atoms with van der Waals surface area (Å²) in [7, 11) is 2.29. The molecule has 1 aliphatic rings. The van der Waals surface area contributed by atoms with Gasteiger partial charge in [0.2, 0.25) is 0 Å². The zero-order valence-corrected chi connectivity index (χ0v) is 14.0. The van der Waals surface area contributed by atoms with Gasteiger partial charge in [-0.1, -0.05) is 20.3 Å². The summed E-state index contributed by atoms with van der Waals surface area (Å²) in [4.78, 5) is 2.57. The molecular formula is C17H30N2S. The van der Waals surface area contributed by atoms with Crippen LogP contribution in [-0.2, 0) is 0 Å². The topological polar surface area (TPSA) is 29.3 Å². The molecule has 1 aromatic heterocycles. The lowest BCUT2D eigenvalue weighted by Gasteiger charge is -2.41. The molecular weight excluding hydrogens is 264 g/mol. The van der Waals surface area contributed by atoms with Gasteiger partial charge in [-0.25, -0.2) is 0 Å². The number of likely N-dealkylation sites (N-methyl/N-ethyl adjacent to an activating group) is 1. The van der Waals surface area contributed by atoms with E-state index in [1.54, 1.807) is 11.3 Å². The summed E-state index contributed by atoms with van der Waals surface area (Å²) in [5.74, 6) is 0.957. The second-order valence-corrected chi connectivity index (χ2v) is 7.10. The molecule has 0 amide bonds. The summed E-state index contributed by atoms with van der Waals surface area (Å²) in [6.07, 6.45) is 7.85. The van der Waals surface area contributed by atoms with Crippen LogP contribution >= 0.6 is 11.3 Å². The van der Waals surface area contributed by atoms with Crippen LogP contribution in [0.1, 0.15) is 64.0 Å². The fourth-order valence-corrected chi connectivity index (χ4v) is 4.33. The van der Waals surface area contributed by atoms with Gasteiger partial charge in [-0.3, -0.25) is 4.90 Å². The van der Waals surface area contributed by atoms with Gasteiger partial charge in [0.25, 0.3) is 0 Å². The zero-order chi connectivity index (χ0) is 14.5. The maximum Gasteiger partial charge on any atom is 0.0507 e. The summed E-state index contributed by atoms with van der Waals surface area (Å²) in [6.45, 7) is 4.53. The van der Waals surface area contributed by atoms with Gasteiger partial charge in [0.15, 0.2) is 0 Å². The van der Waals surface area contributed by atoms with Gasteiger partial charge in [-0.15, -0.1) is 0 Å². The Morgan fingerprint density at radius 1 is 1.30 bits per heavy atom.